The first-order valence-electron chi connectivity index (χ1n) is 6.41. The second-order valence-electron chi connectivity index (χ2n) is 5.55. The van der Waals surface area contributed by atoms with Crippen LogP contribution in [0.15, 0.2) is 17.7 Å². The fraction of sp³-hybridized carbons (Fsp3) is 0.333. The van der Waals surface area contributed by atoms with Crippen LogP contribution < -0.4 is 4.74 Å². The molecule has 1 aliphatic rings. The van der Waals surface area contributed by atoms with E-state index in [0.717, 1.165) is 6.08 Å². The molecule has 1 aromatic carbocycles. The van der Waals surface area contributed by atoms with Crippen molar-refractivity contribution in [1.82, 2.24) is 0 Å². The minimum absolute atomic E-state index is 0.116. The van der Waals surface area contributed by atoms with Gasteiger partial charge in [0.1, 0.15) is 5.75 Å². The molecule has 0 fully saturated rings. The monoisotopic (exact) mass is 345 g/mol. The highest BCUT2D eigenvalue weighted by atomic mass is 35.5. The largest absolute Gasteiger partial charge is 0.478 e. The van der Waals surface area contributed by atoms with Crippen molar-refractivity contribution in [3.8, 4) is 11.8 Å². The highest BCUT2D eigenvalue weighted by Crippen LogP contribution is 2.41. The maximum Gasteiger partial charge on any atom is 0.430 e. The molecule has 0 radical (unpaired) electrons. The van der Waals surface area contributed by atoms with Gasteiger partial charge in [-0.15, -0.1) is 0 Å². The van der Waals surface area contributed by atoms with Crippen LogP contribution in [-0.2, 0) is 10.2 Å². The SMILES string of the molecule is CC(C)(C#N)c1cc2c(cc1Cl)C=C(C(=O)O)C(C(F)(F)F)O2. The van der Waals surface area contributed by atoms with Crippen molar-refractivity contribution in [1.29, 1.82) is 5.26 Å². The van der Waals surface area contributed by atoms with Gasteiger partial charge in [0.15, 0.2) is 0 Å². The van der Waals surface area contributed by atoms with E-state index in [-0.39, 0.29) is 16.3 Å². The van der Waals surface area contributed by atoms with Crippen molar-refractivity contribution in [3.05, 3.63) is 33.9 Å². The van der Waals surface area contributed by atoms with Crippen LogP contribution in [0, 0.1) is 11.3 Å². The van der Waals surface area contributed by atoms with Gasteiger partial charge < -0.3 is 9.84 Å². The topological polar surface area (TPSA) is 70.3 Å². The predicted molar refractivity (Wildman–Crippen MR) is 76.2 cm³/mol. The van der Waals surface area contributed by atoms with Crippen LogP contribution in [0.4, 0.5) is 13.2 Å². The molecule has 4 nitrogen and oxygen atoms in total. The smallest absolute Gasteiger partial charge is 0.430 e. The molecule has 0 spiro atoms. The Labute approximate surface area is 134 Å². The molecule has 23 heavy (non-hydrogen) atoms. The van der Waals surface area contributed by atoms with Gasteiger partial charge in [0.05, 0.1) is 17.1 Å². The van der Waals surface area contributed by atoms with E-state index >= 15 is 0 Å². The molecule has 0 bridgehead atoms. The van der Waals surface area contributed by atoms with Crippen LogP contribution in [0.5, 0.6) is 5.75 Å². The molecule has 0 amide bonds. The Morgan fingerprint density at radius 2 is 2.00 bits per heavy atom. The lowest BCUT2D eigenvalue weighted by Gasteiger charge is -2.28. The standard InChI is InChI=1S/C15H11ClF3NO3/c1-14(2,6-20)9-5-11-7(4-10(9)16)3-8(13(21)22)12(23-11)15(17,18)19/h3-5,12H,1-2H3,(H,21,22). The van der Waals surface area contributed by atoms with Crippen molar-refractivity contribution in [2.45, 2.75) is 31.5 Å². The number of carboxylic acids is 1. The number of halogens is 4. The number of hydrogen-bond donors (Lipinski definition) is 1. The van der Waals surface area contributed by atoms with Crippen molar-refractivity contribution in [2.75, 3.05) is 0 Å². The van der Waals surface area contributed by atoms with Crippen molar-refractivity contribution < 1.29 is 27.8 Å². The van der Waals surface area contributed by atoms with Gasteiger partial charge in [-0.1, -0.05) is 11.6 Å². The Hall–Kier alpha value is -2.20. The lowest BCUT2D eigenvalue weighted by Crippen LogP contribution is -2.40. The van der Waals surface area contributed by atoms with E-state index in [9.17, 15) is 18.0 Å². The van der Waals surface area contributed by atoms with E-state index in [1.807, 2.05) is 6.07 Å². The van der Waals surface area contributed by atoms with Crippen molar-refractivity contribution in [2.24, 2.45) is 0 Å². The van der Waals surface area contributed by atoms with Crippen molar-refractivity contribution >= 4 is 23.6 Å². The number of hydrogen-bond acceptors (Lipinski definition) is 3. The molecule has 1 aliphatic heterocycles. The summed E-state index contributed by atoms with van der Waals surface area (Å²) in [6, 6.07) is 4.54. The molecule has 1 atom stereocenters. The van der Waals surface area contributed by atoms with E-state index in [4.69, 9.17) is 26.7 Å². The fourth-order valence-corrected chi connectivity index (χ4v) is 2.58. The molecule has 1 aromatic rings. The number of carboxylic acid groups (broad SMARTS) is 1. The van der Waals surface area contributed by atoms with Gasteiger partial charge in [0.2, 0.25) is 6.10 Å². The fourth-order valence-electron chi connectivity index (χ4n) is 2.17. The Bertz CT molecular complexity index is 748. The average molecular weight is 346 g/mol. The van der Waals surface area contributed by atoms with Gasteiger partial charge in [0, 0.05) is 10.6 Å². The molecular weight excluding hydrogens is 335 g/mol. The second-order valence-corrected chi connectivity index (χ2v) is 5.96. The molecule has 8 heteroatoms. The molecule has 0 aliphatic carbocycles. The number of rotatable bonds is 2. The second kappa shape index (κ2) is 5.46. The predicted octanol–water partition coefficient (Wildman–Crippen LogP) is 3.93. The van der Waals surface area contributed by atoms with E-state index in [2.05, 4.69) is 0 Å². The maximum absolute atomic E-state index is 13.0. The Morgan fingerprint density at radius 3 is 2.48 bits per heavy atom. The summed E-state index contributed by atoms with van der Waals surface area (Å²) < 4.78 is 43.9. The molecule has 1 N–H and O–H groups in total. The lowest BCUT2D eigenvalue weighted by atomic mass is 9.85. The average Bonchev–Trinajstić information content (AvgIpc) is 2.43. The number of alkyl halides is 3. The van der Waals surface area contributed by atoms with Crippen LogP contribution >= 0.6 is 11.6 Å². The summed E-state index contributed by atoms with van der Waals surface area (Å²) in [7, 11) is 0. The Kier molecular flexibility index (Phi) is 4.07. The highest BCUT2D eigenvalue weighted by Gasteiger charge is 2.48. The van der Waals surface area contributed by atoms with Crippen LogP contribution in [0.25, 0.3) is 6.08 Å². The number of nitrogens with zero attached hydrogens (tertiary/aromatic N) is 1. The Morgan fingerprint density at radius 1 is 1.39 bits per heavy atom. The van der Waals surface area contributed by atoms with Gasteiger partial charge in [-0.2, -0.15) is 18.4 Å². The molecule has 0 saturated heterocycles. The zero-order valence-electron chi connectivity index (χ0n) is 12.0. The highest BCUT2D eigenvalue weighted by molar-refractivity contribution is 6.31. The first kappa shape index (κ1) is 17.2. The number of aliphatic carboxylic acids is 1. The van der Waals surface area contributed by atoms with E-state index in [1.54, 1.807) is 13.8 Å². The summed E-state index contributed by atoms with van der Waals surface area (Å²) in [5, 5.41) is 18.3. The van der Waals surface area contributed by atoms with E-state index < -0.39 is 29.2 Å². The molecule has 2 rings (SSSR count). The van der Waals surface area contributed by atoms with Crippen molar-refractivity contribution in [3.63, 3.8) is 0 Å². The zero-order chi connectivity index (χ0) is 17.6. The lowest BCUT2D eigenvalue weighted by molar-refractivity contribution is -0.187. The summed E-state index contributed by atoms with van der Waals surface area (Å²) in [5.41, 5.74) is -1.55. The summed E-state index contributed by atoms with van der Waals surface area (Å²) in [6.07, 6.45) is -6.58. The third-order valence-electron chi connectivity index (χ3n) is 3.43. The number of carbonyl (C=O) groups is 1. The van der Waals surface area contributed by atoms with Gasteiger partial charge in [0.25, 0.3) is 0 Å². The van der Waals surface area contributed by atoms with Gasteiger partial charge >= 0.3 is 12.1 Å². The zero-order valence-corrected chi connectivity index (χ0v) is 12.8. The van der Waals surface area contributed by atoms with Gasteiger partial charge in [-0.3, -0.25) is 0 Å². The first-order chi connectivity index (χ1) is 10.5. The molecule has 1 unspecified atom stereocenters. The third kappa shape index (κ3) is 3.13. The maximum atomic E-state index is 13.0. The van der Waals surface area contributed by atoms with Crippen LogP contribution in [-0.4, -0.2) is 23.4 Å². The quantitative estimate of drug-likeness (QED) is 0.881. The summed E-state index contributed by atoms with van der Waals surface area (Å²) in [4.78, 5) is 11.1. The van der Waals surface area contributed by atoms with E-state index in [0.29, 0.717) is 5.56 Å². The number of fused-ring (bicyclic) bond motifs is 1. The number of ether oxygens (including phenoxy) is 1. The van der Waals surface area contributed by atoms with Gasteiger partial charge in [-0.05, 0) is 37.6 Å². The minimum atomic E-state index is -4.88. The molecular formula is C15H11ClF3NO3. The van der Waals surface area contributed by atoms with E-state index in [1.165, 1.54) is 12.1 Å². The summed E-state index contributed by atoms with van der Waals surface area (Å²) >= 11 is 6.07. The molecule has 0 saturated carbocycles. The van der Waals surface area contributed by atoms with Crippen LogP contribution in [0.3, 0.4) is 0 Å². The number of benzene rings is 1. The van der Waals surface area contributed by atoms with Crippen LogP contribution in [0.2, 0.25) is 5.02 Å². The van der Waals surface area contributed by atoms with Crippen LogP contribution in [0.1, 0.15) is 25.0 Å². The Balaban J connectivity index is 2.64. The minimum Gasteiger partial charge on any atom is -0.478 e. The molecule has 122 valence electrons. The normalized spacial score (nSPS) is 17.6. The molecule has 0 aromatic heterocycles. The summed E-state index contributed by atoms with van der Waals surface area (Å²) in [5.74, 6) is -1.89. The summed E-state index contributed by atoms with van der Waals surface area (Å²) in [6.45, 7) is 3.12. The number of nitriles is 1. The first-order valence-corrected chi connectivity index (χ1v) is 6.78. The third-order valence-corrected chi connectivity index (χ3v) is 3.75. The molecule has 1 heterocycles. The van der Waals surface area contributed by atoms with Gasteiger partial charge in [-0.25, -0.2) is 4.79 Å².